The fourth-order valence-electron chi connectivity index (χ4n) is 2.54. The lowest BCUT2D eigenvalue weighted by Crippen LogP contribution is -2.09. The Kier molecular flexibility index (Phi) is 3.54. The second kappa shape index (κ2) is 5.49. The van der Waals surface area contributed by atoms with Gasteiger partial charge in [-0.15, -0.1) is 0 Å². The van der Waals surface area contributed by atoms with E-state index in [1.807, 2.05) is 6.07 Å². The van der Waals surface area contributed by atoms with Gasteiger partial charge in [-0.3, -0.25) is 0 Å². The first kappa shape index (κ1) is 12.9. The Hall–Kier alpha value is -2.10. The summed E-state index contributed by atoms with van der Waals surface area (Å²) in [6, 6.07) is 12.9. The summed E-state index contributed by atoms with van der Waals surface area (Å²) in [5.74, 6) is 2.81. The first-order valence-electron chi connectivity index (χ1n) is 7.21. The molecule has 4 nitrogen and oxygen atoms in total. The predicted molar refractivity (Wildman–Crippen MR) is 81.7 cm³/mol. The molecule has 0 spiro atoms. The standard InChI is InChI=1S/C16H20N4/c1-2-6-15-19-14(17)10-16(20-15)18-13-9-12(13)11-7-4-3-5-8-11/h3-5,7-8,10,12-13H,2,6,9H2,1H3,(H3,17,18,19,20). The molecule has 104 valence electrons. The largest absolute Gasteiger partial charge is 0.384 e. The van der Waals surface area contributed by atoms with E-state index in [1.165, 1.54) is 5.56 Å². The number of nitrogens with one attached hydrogen (secondary N) is 1. The van der Waals surface area contributed by atoms with Crippen LogP contribution in [0.2, 0.25) is 0 Å². The van der Waals surface area contributed by atoms with Crippen LogP contribution in [0.15, 0.2) is 36.4 Å². The lowest BCUT2D eigenvalue weighted by Gasteiger charge is -2.08. The summed E-state index contributed by atoms with van der Waals surface area (Å²) in [7, 11) is 0. The minimum atomic E-state index is 0.459. The quantitative estimate of drug-likeness (QED) is 0.875. The molecule has 0 aliphatic heterocycles. The van der Waals surface area contributed by atoms with Gasteiger partial charge in [-0.1, -0.05) is 37.3 Å². The summed E-state index contributed by atoms with van der Waals surface area (Å²) in [5.41, 5.74) is 7.23. The Morgan fingerprint density at radius 2 is 2.05 bits per heavy atom. The lowest BCUT2D eigenvalue weighted by molar-refractivity contribution is 0.836. The van der Waals surface area contributed by atoms with Crippen LogP contribution in [0.25, 0.3) is 0 Å². The molecule has 4 heteroatoms. The van der Waals surface area contributed by atoms with Gasteiger partial charge in [0.1, 0.15) is 17.5 Å². The highest BCUT2D eigenvalue weighted by Gasteiger charge is 2.38. The van der Waals surface area contributed by atoms with Crippen LogP contribution in [0.5, 0.6) is 0 Å². The zero-order chi connectivity index (χ0) is 13.9. The molecule has 0 radical (unpaired) electrons. The highest BCUT2D eigenvalue weighted by molar-refractivity contribution is 5.48. The van der Waals surface area contributed by atoms with Crippen LogP contribution in [-0.2, 0) is 6.42 Å². The fourth-order valence-corrected chi connectivity index (χ4v) is 2.54. The van der Waals surface area contributed by atoms with E-state index in [-0.39, 0.29) is 0 Å². The number of hydrogen-bond acceptors (Lipinski definition) is 4. The maximum Gasteiger partial charge on any atom is 0.133 e. The Morgan fingerprint density at radius 1 is 1.25 bits per heavy atom. The Bertz CT molecular complexity index is 582. The maximum absolute atomic E-state index is 5.84. The summed E-state index contributed by atoms with van der Waals surface area (Å²) in [4.78, 5) is 8.78. The van der Waals surface area contributed by atoms with Crippen LogP contribution in [0.4, 0.5) is 11.6 Å². The number of nitrogens with two attached hydrogens (primary N) is 1. The summed E-state index contributed by atoms with van der Waals surface area (Å²) in [5, 5.41) is 3.47. The van der Waals surface area contributed by atoms with Gasteiger partial charge >= 0.3 is 0 Å². The molecule has 2 aromatic rings. The zero-order valence-corrected chi connectivity index (χ0v) is 11.7. The van der Waals surface area contributed by atoms with Crippen molar-refractivity contribution < 1.29 is 0 Å². The van der Waals surface area contributed by atoms with Crippen LogP contribution in [0.3, 0.4) is 0 Å². The molecule has 2 atom stereocenters. The molecule has 0 bridgehead atoms. The third-order valence-corrected chi connectivity index (χ3v) is 3.62. The van der Waals surface area contributed by atoms with Crippen LogP contribution in [0, 0.1) is 0 Å². The molecule has 1 aliphatic carbocycles. The maximum atomic E-state index is 5.84. The van der Waals surface area contributed by atoms with E-state index in [4.69, 9.17) is 5.73 Å². The predicted octanol–water partition coefficient (Wildman–Crippen LogP) is 2.98. The normalized spacial score (nSPS) is 20.6. The van der Waals surface area contributed by atoms with Gasteiger partial charge in [0, 0.05) is 24.4 Å². The molecular formula is C16H20N4. The van der Waals surface area contributed by atoms with Crippen molar-refractivity contribution in [3.05, 3.63) is 47.8 Å². The lowest BCUT2D eigenvalue weighted by atomic mass is 10.1. The van der Waals surface area contributed by atoms with Gasteiger partial charge < -0.3 is 11.1 Å². The smallest absolute Gasteiger partial charge is 0.133 e. The number of anilines is 2. The van der Waals surface area contributed by atoms with E-state index in [0.29, 0.717) is 17.8 Å². The van der Waals surface area contributed by atoms with E-state index < -0.39 is 0 Å². The third-order valence-electron chi connectivity index (χ3n) is 3.62. The van der Waals surface area contributed by atoms with Gasteiger partial charge in [-0.25, -0.2) is 9.97 Å². The SMILES string of the molecule is CCCc1nc(N)cc(NC2CC2c2ccccc2)n1. The topological polar surface area (TPSA) is 63.8 Å². The van der Waals surface area contributed by atoms with Crippen molar-refractivity contribution in [2.45, 2.75) is 38.1 Å². The van der Waals surface area contributed by atoms with Crippen molar-refractivity contribution in [2.75, 3.05) is 11.1 Å². The second-order valence-corrected chi connectivity index (χ2v) is 5.35. The van der Waals surface area contributed by atoms with E-state index >= 15 is 0 Å². The van der Waals surface area contributed by atoms with E-state index in [2.05, 4.69) is 52.5 Å². The Morgan fingerprint density at radius 3 is 2.80 bits per heavy atom. The van der Waals surface area contributed by atoms with Gasteiger partial charge in [0.2, 0.25) is 0 Å². The monoisotopic (exact) mass is 268 g/mol. The van der Waals surface area contributed by atoms with Crippen molar-refractivity contribution in [3.8, 4) is 0 Å². The van der Waals surface area contributed by atoms with Crippen molar-refractivity contribution in [3.63, 3.8) is 0 Å². The number of hydrogen-bond donors (Lipinski definition) is 2. The number of rotatable bonds is 5. The molecule has 20 heavy (non-hydrogen) atoms. The van der Waals surface area contributed by atoms with Gasteiger partial charge in [0.25, 0.3) is 0 Å². The number of aryl methyl sites for hydroxylation is 1. The molecule has 1 aromatic carbocycles. The molecule has 2 unspecified atom stereocenters. The zero-order valence-electron chi connectivity index (χ0n) is 11.7. The van der Waals surface area contributed by atoms with Gasteiger partial charge in [-0.05, 0) is 18.4 Å². The molecular weight excluding hydrogens is 248 g/mol. The van der Waals surface area contributed by atoms with E-state index in [1.54, 1.807) is 0 Å². The van der Waals surface area contributed by atoms with E-state index in [0.717, 1.165) is 30.9 Å². The van der Waals surface area contributed by atoms with Crippen LogP contribution < -0.4 is 11.1 Å². The van der Waals surface area contributed by atoms with E-state index in [9.17, 15) is 0 Å². The molecule has 1 aliphatic rings. The van der Waals surface area contributed by atoms with Gasteiger partial charge in [-0.2, -0.15) is 0 Å². The molecule has 1 aromatic heterocycles. The van der Waals surface area contributed by atoms with Crippen molar-refractivity contribution in [1.82, 2.24) is 9.97 Å². The minimum absolute atomic E-state index is 0.459. The third kappa shape index (κ3) is 2.90. The number of benzene rings is 1. The molecule has 3 N–H and O–H groups in total. The van der Waals surface area contributed by atoms with Gasteiger partial charge in [0.15, 0.2) is 0 Å². The number of nitrogens with zero attached hydrogens (tertiary/aromatic N) is 2. The van der Waals surface area contributed by atoms with Crippen molar-refractivity contribution in [1.29, 1.82) is 0 Å². The average molecular weight is 268 g/mol. The number of aromatic nitrogens is 2. The van der Waals surface area contributed by atoms with Crippen molar-refractivity contribution >= 4 is 11.6 Å². The minimum Gasteiger partial charge on any atom is -0.384 e. The molecule has 3 rings (SSSR count). The molecule has 0 amide bonds. The molecule has 1 heterocycles. The Labute approximate surface area is 119 Å². The van der Waals surface area contributed by atoms with Crippen LogP contribution in [-0.4, -0.2) is 16.0 Å². The van der Waals surface area contributed by atoms with Crippen LogP contribution >= 0.6 is 0 Å². The van der Waals surface area contributed by atoms with Gasteiger partial charge in [0.05, 0.1) is 0 Å². The fraction of sp³-hybridized carbons (Fsp3) is 0.375. The first-order chi connectivity index (χ1) is 9.76. The second-order valence-electron chi connectivity index (χ2n) is 5.35. The highest BCUT2D eigenvalue weighted by atomic mass is 15.1. The number of nitrogen functional groups attached to an aromatic ring is 1. The summed E-state index contributed by atoms with van der Waals surface area (Å²) >= 11 is 0. The van der Waals surface area contributed by atoms with Crippen LogP contribution in [0.1, 0.15) is 37.1 Å². The molecule has 1 saturated carbocycles. The molecule has 1 fully saturated rings. The summed E-state index contributed by atoms with van der Waals surface area (Å²) < 4.78 is 0. The first-order valence-corrected chi connectivity index (χ1v) is 7.21. The molecule has 0 saturated heterocycles. The summed E-state index contributed by atoms with van der Waals surface area (Å²) in [6.45, 7) is 2.12. The Balaban J connectivity index is 1.68. The summed E-state index contributed by atoms with van der Waals surface area (Å²) in [6.07, 6.45) is 3.04. The van der Waals surface area contributed by atoms with Crippen molar-refractivity contribution in [2.24, 2.45) is 0 Å². The highest BCUT2D eigenvalue weighted by Crippen LogP contribution is 2.42. The average Bonchev–Trinajstić information content (AvgIpc) is 3.19.